The molecule has 3 aromatic rings. The molecule has 1 amide bonds. The number of nitrogens with zero attached hydrogens (tertiary/aromatic N) is 1. The third kappa shape index (κ3) is 5.31. The molecular formula is C28H34N2OS. The number of aryl methyl sites for hydroxylation is 1. The van der Waals surface area contributed by atoms with Crippen LogP contribution in [0.5, 0.6) is 0 Å². The Balaban J connectivity index is 1.94. The lowest BCUT2D eigenvalue weighted by atomic mass is 9.91. The average Bonchev–Trinajstić information content (AvgIpc) is 3.15. The predicted molar refractivity (Wildman–Crippen MR) is 143 cm³/mol. The second-order valence-corrected chi connectivity index (χ2v) is 9.97. The normalized spacial score (nSPS) is 13.7. The van der Waals surface area contributed by atoms with Crippen molar-refractivity contribution in [1.82, 2.24) is 4.57 Å². The maximum Gasteiger partial charge on any atom is 0.255 e. The van der Waals surface area contributed by atoms with E-state index in [1.54, 1.807) is 0 Å². The van der Waals surface area contributed by atoms with Gasteiger partial charge in [0.1, 0.15) is 0 Å². The first kappa shape index (κ1) is 23.8. The molecule has 0 aliphatic rings. The van der Waals surface area contributed by atoms with Gasteiger partial charge in [-0.3, -0.25) is 4.79 Å². The van der Waals surface area contributed by atoms with E-state index in [0.717, 1.165) is 36.1 Å². The predicted octanol–water partition coefficient (Wildman–Crippen LogP) is 7.42. The second-order valence-electron chi connectivity index (χ2n) is 8.23. The van der Waals surface area contributed by atoms with E-state index in [1.807, 2.05) is 37.3 Å². The molecule has 168 valence electrons. The van der Waals surface area contributed by atoms with Gasteiger partial charge < -0.3 is 9.88 Å². The first-order valence-electron chi connectivity index (χ1n) is 11.1. The maximum absolute atomic E-state index is 13.2. The van der Waals surface area contributed by atoms with Gasteiger partial charge in [0.2, 0.25) is 0 Å². The van der Waals surface area contributed by atoms with Gasteiger partial charge in [-0.05, 0) is 92.1 Å². The molecule has 1 heterocycles. The summed E-state index contributed by atoms with van der Waals surface area (Å²) < 4.78 is 2.13. The third-order valence-corrected chi connectivity index (χ3v) is 7.00. The van der Waals surface area contributed by atoms with Crippen molar-refractivity contribution >= 4 is 44.4 Å². The van der Waals surface area contributed by atoms with Crippen LogP contribution in [0.25, 0.3) is 16.5 Å². The van der Waals surface area contributed by atoms with Gasteiger partial charge in [-0.1, -0.05) is 31.4 Å². The van der Waals surface area contributed by atoms with E-state index in [1.165, 1.54) is 26.9 Å². The lowest BCUT2D eigenvalue weighted by molar-refractivity contribution is -0.112. The van der Waals surface area contributed by atoms with Gasteiger partial charge in [0.15, 0.2) is 0 Å². The number of benzene rings is 2. The van der Waals surface area contributed by atoms with E-state index in [-0.39, 0.29) is 16.4 Å². The number of nitrogens with one attached hydrogen (secondary N) is 1. The summed E-state index contributed by atoms with van der Waals surface area (Å²) in [6.45, 7) is 6.21. The molecule has 1 N–H and O–H groups in total. The molecule has 0 spiro atoms. The Bertz CT molecular complexity index is 1200. The molecule has 0 aliphatic heterocycles. The Hall–Kier alpha value is -2.85. The first-order chi connectivity index (χ1) is 15.3. The Morgan fingerprint density at radius 2 is 1.88 bits per heavy atom. The minimum atomic E-state index is -0.0716. The summed E-state index contributed by atoms with van der Waals surface area (Å²) in [6, 6.07) is 16.7. The highest BCUT2D eigenvalue weighted by Crippen LogP contribution is 2.31. The van der Waals surface area contributed by atoms with E-state index in [2.05, 4.69) is 73.4 Å². The molecule has 0 saturated carbocycles. The van der Waals surface area contributed by atoms with Gasteiger partial charge in [-0.25, -0.2) is 0 Å². The summed E-state index contributed by atoms with van der Waals surface area (Å²) in [5, 5.41) is 4.29. The van der Waals surface area contributed by atoms with Crippen LogP contribution in [0, 0.1) is 0 Å². The SMILES string of the molecule is C=S(C)c1ccc(NC(=O)C(=C/C)/C(C)=C(\CCCC)c2ccc3c(ccn3C)c2)cc1. The zero-order chi connectivity index (χ0) is 23.3. The van der Waals surface area contributed by atoms with Crippen LogP contribution in [0.15, 0.2) is 76.8 Å². The van der Waals surface area contributed by atoms with Crippen LogP contribution in [0.2, 0.25) is 0 Å². The number of anilines is 1. The van der Waals surface area contributed by atoms with Crippen molar-refractivity contribution < 1.29 is 4.79 Å². The highest BCUT2D eigenvalue weighted by Gasteiger charge is 2.16. The van der Waals surface area contributed by atoms with E-state index < -0.39 is 0 Å². The number of rotatable bonds is 8. The second kappa shape index (κ2) is 10.6. The molecule has 1 aromatic heterocycles. The summed E-state index contributed by atoms with van der Waals surface area (Å²) in [7, 11) is 2.02. The molecule has 2 aromatic carbocycles. The summed E-state index contributed by atoms with van der Waals surface area (Å²) in [6.07, 6.45) is 9.24. The fourth-order valence-corrected chi connectivity index (χ4v) is 4.62. The van der Waals surface area contributed by atoms with Crippen molar-refractivity contribution in [2.75, 3.05) is 11.6 Å². The number of hydrogen-bond donors (Lipinski definition) is 1. The van der Waals surface area contributed by atoms with Crippen LogP contribution in [0.1, 0.15) is 45.6 Å². The van der Waals surface area contributed by atoms with Crippen LogP contribution >= 0.6 is 10.5 Å². The summed E-state index contributed by atoms with van der Waals surface area (Å²) in [4.78, 5) is 14.4. The van der Waals surface area contributed by atoms with Crippen LogP contribution in [0.4, 0.5) is 5.69 Å². The molecule has 0 fully saturated rings. The number of hydrogen-bond acceptors (Lipinski definition) is 1. The maximum atomic E-state index is 13.2. The molecule has 3 rings (SSSR count). The van der Waals surface area contributed by atoms with E-state index in [9.17, 15) is 4.79 Å². The van der Waals surface area contributed by atoms with Gasteiger partial charge in [0.25, 0.3) is 5.91 Å². The van der Waals surface area contributed by atoms with E-state index in [4.69, 9.17) is 0 Å². The average molecular weight is 447 g/mol. The number of allylic oxidation sites excluding steroid dienone is 2. The quantitative estimate of drug-likeness (QED) is 0.218. The van der Waals surface area contributed by atoms with Crippen molar-refractivity contribution in [2.45, 2.75) is 44.9 Å². The number of carbonyl (C=O) groups is 1. The zero-order valence-corrected chi connectivity index (χ0v) is 20.7. The van der Waals surface area contributed by atoms with Crippen molar-refractivity contribution in [3.8, 4) is 0 Å². The number of carbonyl (C=O) groups excluding carboxylic acids is 1. The fraction of sp³-hybridized carbons (Fsp3) is 0.286. The van der Waals surface area contributed by atoms with Crippen LogP contribution in [-0.4, -0.2) is 22.6 Å². The fourth-order valence-electron chi connectivity index (χ4n) is 4.02. The highest BCUT2D eigenvalue weighted by molar-refractivity contribution is 8.13. The van der Waals surface area contributed by atoms with Crippen LogP contribution in [0.3, 0.4) is 0 Å². The molecule has 32 heavy (non-hydrogen) atoms. The topological polar surface area (TPSA) is 34.0 Å². The molecule has 0 bridgehead atoms. The Morgan fingerprint density at radius 3 is 2.50 bits per heavy atom. The molecule has 4 heteroatoms. The molecule has 1 unspecified atom stereocenters. The lowest BCUT2D eigenvalue weighted by Gasteiger charge is -2.16. The smallest absolute Gasteiger partial charge is 0.255 e. The molecular weight excluding hydrogens is 412 g/mol. The Kier molecular flexibility index (Phi) is 7.92. The van der Waals surface area contributed by atoms with E-state index >= 15 is 0 Å². The molecule has 3 nitrogen and oxygen atoms in total. The van der Waals surface area contributed by atoms with Gasteiger partial charge in [0, 0.05) is 40.3 Å². The summed E-state index contributed by atoms with van der Waals surface area (Å²) in [5.74, 6) is 4.01. The van der Waals surface area contributed by atoms with Gasteiger partial charge in [-0.15, -0.1) is 0 Å². The first-order valence-corrected chi connectivity index (χ1v) is 12.9. The minimum absolute atomic E-state index is 0.0402. The summed E-state index contributed by atoms with van der Waals surface area (Å²) in [5.41, 5.74) is 6.21. The molecule has 0 saturated heterocycles. The van der Waals surface area contributed by atoms with Gasteiger partial charge >= 0.3 is 0 Å². The van der Waals surface area contributed by atoms with Crippen LogP contribution < -0.4 is 5.32 Å². The van der Waals surface area contributed by atoms with Crippen molar-refractivity contribution in [2.24, 2.45) is 7.05 Å². The largest absolute Gasteiger partial charge is 0.351 e. The monoisotopic (exact) mass is 446 g/mol. The minimum Gasteiger partial charge on any atom is -0.351 e. The van der Waals surface area contributed by atoms with Gasteiger partial charge in [0.05, 0.1) is 0 Å². The zero-order valence-electron chi connectivity index (χ0n) is 19.9. The molecule has 1 atom stereocenters. The van der Waals surface area contributed by atoms with Crippen molar-refractivity contribution in [3.05, 3.63) is 77.5 Å². The van der Waals surface area contributed by atoms with Crippen molar-refractivity contribution in [3.63, 3.8) is 0 Å². The van der Waals surface area contributed by atoms with Gasteiger partial charge in [-0.2, -0.15) is 10.5 Å². The van der Waals surface area contributed by atoms with E-state index in [0.29, 0.717) is 0 Å². The molecule has 0 aliphatic carbocycles. The standard InChI is InChI=1S/C28H34N2OS/c1-7-9-10-26(21-11-16-27-22(19-21)17-18-30(27)4)20(3)25(8-2)28(31)29-23-12-14-24(15-13-23)32(5)6/h8,11-19H,5,7,9-10H2,1-4,6H3,(H,29,31)/b25-8+,26-20+. The Morgan fingerprint density at radius 1 is 1.16 bits per heavy atom. The number of fused-ring (bicyclic) bond motifs is 1. The number of unbranched alkanes of at least 4 members (excludes halogenated alkanes) is 1. The van der Waals surface area contributed by atoms with Crippen molar-refractivity contribution in [1.29, 1.82) is 0 Å². The lowest BCUT2D eigenvalue weighted by Crippen LogP contribution is -2.16. The molecule has 0 radical (unpaired) electrons. The Labute approximate surface area is 194 Å². The summed E-state index contributed by atoms with van der Waals surface area (Å²) >= 11 is 0. The number of amides is 1. The highest BCUT2D eigenvalue weighted by atomic mass is 32.2. The number of aromatic nitrogens is 1. The third-order valence-electron chi connectivity index (χ3n) is 5.92. The van der Waals surface area contributed by atoms with Crippen LogP contribution in [-0.2, 0) is 11.8 Å².